The smallest absolute Gasteiger partial charge is 0.258 e. The molecule has 0 amide bonds. The average molecular weight is 499 g/mol. The van der Waals surface area contributed by atoms with Crippen molar-refractivity contribution in [2.24, 2.45) is 5.92 Å². The van der Waals surface area contributed by atoms with Crippen LogP contribution < -0.4 is 5.32 Å². The van der Waals surface area contributed by atoms with Crippen molar-refractivity contribution in [2.45, 2.75) is 38.1 Å². The van der Waals surface area contributed by atoms with E-state index in [4.69, 9.17) is 33.3 Å². The molecule has 1 atom stereocenters. The first-order valence-electron chi connectivity index (χ1n) is 10.9. The van der Waals surface area contributed by atoms with Crippen molar-refractivity contribution in [2.75, 3.05) is 12.8 Å². The predicted molar refractivity (Wildman–Crippen MR) is 140 cm³/mol. The molecule has 0 saturated carbocycles. The number of thiocarbonyl (C=S) groups is 1. The van der Waals surface area contributed by atoms with Gasteiger partial charge in [-0.05, 0) is 67.6 Å². The molecule has 5 nitrogen and oxygen atoms in total. The van der Waals surface area contributed by atoms with Crippen molar-refractivity contribution in [1.29, 1.82) is 0 Å². The Morgan fingerprint density at radius 3 is 2.64 bits per heavy atom. The molecule has 4 rings (SSSR count). The maximum Gasteiger partial charge on any atom is 0.258 e. The summed E-state index contributed by atoms with van der Waals surface area (Å²) in [6.45, 7) is 7.33. The average Bonchev–Trinajstić information content (AvgIpc) is 3.28. The predicted octanol–water partition coefficient (Wildman–Crippen LogP) is 6.82. The van der Waals surface area contributed by atoms with Crippen LogP contribution in [0, 0.1) is 5.92 Å². The Morgan fingerprint density at radius 2 is 1.97 bits per heavy atom. The van der Waals surface area contributed by atoms with Crippen molar-refractivity contribution in [1.82, 2.24) is 20.4 Å². The van der Waals surface area contributed by atoms with Crippen molar-refractivity contribution in [3.05, 3.63) is 70.7 Å². The third-order valence-electron chi connectivity index (χ3n) is 5.71. The highest BCUT2D eigenvalue weighted by Crippen LogP contribution is 2.38. The summed E-state index contributed by atoms with van der Waals surface area (Å²) >= 11 is 13.7. The molecule has 33 heavy (non-hydrogen) atoms. The number of aromatic nitrogens is 2. The zero-order valence-electron chi connectivity index (χ0n) is 19.1. The lowest BCUT2D eigenvalue weighted by molar-refractivity contribution is 0.390. The Balaban J connectivity index is 1.78. The summed E-state index contributed by atoms with van der Waals surface area (Å²) in [6.07, 6.45) is 3.10. The monoisotopic (exact) mass is 498 g/mol. The number of nitrogens with zero attached hydrogens (tertiary/aromatic N) is 3. The van der Waals surface area contributed by atoms with E-state index in [1.807, 2.05) is 24.3 Å². The molecule has 0 bridgehead atoms. The van der Waals surface area contributed by atoms with Crippen molar-refractivity contribution in [3.8, 4) is 11.4 Å². The highest BCUT2D eigenvalue weighted by molar-refractivity contribution is 7.98. The molecule has 172 valence electrons. The molecule has 1 N–H and O–H groups in total. The Morgan fingerprint density at radius 1 is 1.21 bits per heavy atom. The van der Waals surface area contributed by atoms with E-state index in [9.17, 15) is 0 Å². The minimum atomic E-state index is -0.184. The molecule has 0 saturated heterocycles. The van der Waals surface area contributed by atoms with Crippen LogP contribution in [0.5, 0.6) is 0 Å². The second kappa shape index (κ2) is 10.3. The molecule has 0 spiro atoms. The van der Waals surface area contributed by atoms with Gasteiger partial charge in [-0.1, -0.05) is 54.9 Å². The van der Waals surface area contributed by atoms with Crippen LogP contribution in [0.4, 0.5) is 0 Å². The zero-order valence-corrected chi connectivity index (χ0v) is 21.5. The third-order valence-corrected chi connectivity index (χ3v) is 7.03. The first kappa shape index (κ1) is 23.8. The lowest BCUT2D eigenvalue weighted by Gasteiger charge is -2.37. The molecular weight excluding hydrogens is 472 g/mol. The van der Waals surface area contributed by atoms with Crippen molar-refractivity contribution in [3.63, 3.8) is 0 Å². The summed E-state index contributed by atoms with van der Waals surface area (Å²) in [6, 6.07) is 15.8. The summed E-state index contributed by atoms with van der Waals surface area (Å²) in [7, 11) is 0. The molecule has 8 heteroatoms. The van der Waals surface area contributed by atoms with Gasteiger partial charge in [-0.25, -0.2) is 0 Å². The van der Waals surface area contributed by atoms with Crippen LogP contribution in [0.15, 0.2) is 63.6 Å². The van der Waals surface area contributed by atoms with Crippen LogP contribution in [0.1, 0.15) is 44.7 Å². The lowest BCUT2D eigenvalue weighted by atomic mass is 9.94. The van der Waals surface area contributed by atoms with Gasteiger partial charge < -0.3 is 14.7 Å². The van der Waals surface area contributed by atoms with Gasteiger partial charge in [0.2, 0.25) is 5.82 Å². The number of thioether (sulfide) groups is 1. The number of rotatable bonds is 7. The number of hydrogen-bond donors (Lipinski definition) is 1. The van der Waals surface area contributed by atoms with Crippen LogP contribution in [0.2, 0.25) is 5.02 Å². The lowest BCUT2D eigenvalue weighted by Crippen LogP contribution is -2.46. The Labute approximate surface area is 209 Å². The normalized spacial score (nSPS) is 16.5. The first-order valence-corrected chi connectivity index (χ1v) is 12.9. The van der Waals surface area contributed by atoms with Gasteiger partial charge >= 0.3 is 0 Å². The van der Waals surface area contributed by atoms with Crippen molar-refractivity contribution < 1.29 is 4.52 Å². The van der Waals surface area contributed by atoms with E-state index in [-0.39, 0.29) is 6.04 Å². The Kier molecular flexibility index (Phi) is 7.41. The van der Waals surface area contributed by atoms with Crippen LogP contribution in [-0.4, -0.2) is 33.0 Å². The molecule has 1 aromatic heterocycles. The van der Waals surface area contributed by atoms with Gasteiger partial charge in [-0.2, -0.15) is 4.98 Å². The quantitative estimate of drug-likeness (QED) is 0.283. The summed E-state index contributed by atoms with van der Waals surface area (Å²) in [5, 5.41) is 9.12. The van der Waals surface area contributed by atoms with Crippen LogP contribution >= 0.6 is 35.6 Å². The van der Waals surface area contributed by atoms with E-state index in [1.165, 1.54) is 4.90 Å². The number of hydrogen-bond acceptors (Lipinski definition) is 5. The minimum Gasteiger partial charge on any atom is -0.351 e. The van der Waals surface area contributed by atoms with Gasteiger partial charge in [0.25, 0.3) is 5.89 Å². The van der Waals surface area contributed by atoms with Crippen molar-refractivity contribution >= 4 is 46.3 Å². The highest BCUT2D eigenvalue weighted by Gasteiger charge is 2.34. The van der Waals surface area contributed by atoms with E-state index in [0.29, 0.717) is 27.8 Å². The van der Waals surface area contributed by atoms with Gasteiger partial charge in [-0.3, -0.25) is 0 Å². The number of nitrogens with one attached hydrogen (secondary N) is 1. The number of halogens is 1. The molecule has 2 heterocycles. The topological polar surface area (TPSA) is 54.2 Å². The maximum absolute atomic E-state index is 6.17. The summed E-state index contributed by atoms with van der Waals surface area (Å²) in [5.41, 5.74) is 3.87. The summed E-state index contributed by atoms with van der Waals surface area (Å²) in [5.74, 6) is 1.55. The van der Waals surface area contributed by atoms with Crippen LogP contribution in [0.3, 0.4) is 0 Å². The molecule has 1 unspecified atom stereocenters. The third kappa shape index (κ3) is 5.26. The van der Waals surface area contributed by atoms with Gasteiger partial charge in [0, 0.05) is 27.7 Å². The zero-order chi connectivity index (χ0) is 23.5. The number of allylic oxidation sites excluding steroid dienone is 1. The fraction of sp³-hybridized carbons (Fsp3) is 0.320. The van der Waals surface area contributed by atoms with E-state index < -0.39 is 0 Å². The highest BCUT2D eigenvalue weighted by atomic mass is 35.5. The molecule has 3 aromatic rings. The summed E-state index contributed by atoms with van der Waals surface area (Å²) < 4.78 is 5.80. The molecule has 1 aliphatic heterocycles. The molecular formula is C25H27ClN4OS2. The van der Waals surface area contributed by atoms with Crippen LogP contribution in [-0.2, 0) is 0 Å². The van der Waals surface area contributed by atoms with Gasteiger partial charge in [0.15, 0.2) is 5.11 Å². The van der Waals surface area contributed by atoms with Gasteiger partial charge in [-0.15, -0.1) is 11.8 Å². The van der Waals surface area contributed by atoms with Crippen LogP contribution in [0.25, 0.3) is 17.0 Å². The van der Waals surface area contributed by atoms with Gasteiger partial charge in [0.05, 0.1) is 11.6 Å². The molecule has 2 aromatic carbocycles. The fourth-order valence-corrected chi connectivity index (χ4v) is 4.78. The molecule has 0 fully saturated rings. The Bertz CT molecular complexity index is 1170. The van der Waals surface area contributed by atoms with E-state index in [0.717, 1.165) is 35.4 Å². The number of benzene rings is 2. The maximum atomic E-state index is 6.17. The van der Waals surface area contributed by atoms with Gasteiger partial charge in [0.1, 0.15) is 0 Å². The second-order valence-electron chi connectivity index (χ2n) is 8.42. The minimum absolute atomic E-state index is 0.184. The molecule has 0 radical (unpaired) electrons. The standard InChI is InChI=1S/C25H27ClN4OS2/c1-15(2)12-13-30-16(3)21(22(27-25(30)32)17-8-10-20(33-4)11-9-17)24-28-23(29-31-24)18-6-5-7-19(26)14-18/h5-11,14-15,22H,12-13H2,1-4H3,(H,27,32). The SMILES string of the molecule is CSc1ccc(C2NC(=S)N(CCC(C)C)C(C)=C2c2nc(-c3cccc(Cl)c3)no2)cc1. The van der Waals surface area contributed by atoms with E-state index in [2.05, 4.69) is 66.7 Å². The fourth-order valence-electron chi connectivity index (χ4n) is 3.84. The second-order valence-corrected chi connectivity index (χ2v) is 10.1. The summed E-state index contributed by atoms with van der Waals surface area (Å²) in [4.78, 5) is 8.10. The molecule has 0 aliphatic carbocycles. The largest absolute Gasteiger partial charge is 0.351 e. The van der Waals surface area contributed by atoms with E-state index >= 15 is 0 Å². The first-order chi connectivity index (χ1) is 15.9. The molecule has 1 aliphatic rings. The van der Waals surface area contributed by atoms with E-state index in [1.54, 1.807) is 11.8 Å². The Hall–Kier alpha value is -2.35.